The fraction of sp³-hybridized carbons (Fsp3) is 0.375. The van der Waals surface area contributed by atoms with E-state index >= 15 is 0 Å². The van der Waals surface area contributed by atoms with E-state index in [1.54, 1.807) is 11.3 Å². The molecule has 0 aliphatic carbocycles. The summed E-state index contributed by atoms with van der Waals surface area (Å²) in [6, 6.07) is 10.8. The van der Waals surface area contributed by atoms with Crippen LogP contribution >= 0.6 is 22.9 Å². The first-order valence-electron chi connectivity index (χ1n) is 6.88. The van der Waals surface area contributed by atoms with Crippen LogP contribution in [0.15, 0.2) is 35.7 Å². The fourth-order valence-electron chi connectivity index (χ4n) is 2.25. The maximum atomic E-state index is 6.42. The van der Waals surface area contributed by atoms with Gasteiger partial charge in [0.1, 0.15) is 0 Å². The molecule has 4 heteroatoms. The highest BCUT2D eigenvalue weighted by atomic mass is 35.5. The number of halogens is 1. The zero-order valence-corrected chi connectivity index (χ0v) is 13.8. The Labute approximate surface area is 130 Å². The van der Waals surface area contributed by atoms with E-state index in [0.29, 0.717) is 0 Å². The monoisotopic (exact) mass is 308 g/mol. The van der Waals surface area contributed by atoms with E-state index in [2.05, 4.69) is 66.8 Å². The summed E-state index contributed by atoms with van der Waals surface area (Å²) in [5.41, 5.74) is 2.30. The van der Waals surface area contributed by atoms with Crippen LogP contribution in [0.2, 0.25) is 5.02 Å². The first-order chi connectivity index (χ1) is 9.61. The maximum absolute atomic E-state index is 6.42. The van der Waals surface area contributed by atoms with Crippen molar-refractivity contribution >= 4 is 28.6 Å². The van der Waals surface area contributed by atoms with Gasteiger partial charge in [-0.2, -0.15) is 0 Å². The van der Waals surface area contributed by atoms with Gasteiger partial charge < -0.3 is 10.2 Å². The van der Waals surface area contributed by atoms with Crippen molar-refractivity contribution in [1.82, 2.24) is 5.32 Å². The Morgan fingerprint density at radius 3 is 2.75 bits per heavy atom. The van der Waals surface area contributed by atoms with Crippen LogP contribution in [0.3, 0.4) is 0 Å². The second kappa shape index (κ2) is 7.11. The number of nitrogens with one attached hydrogen (secondary N) is 1. The van der Waals surface area contributed by atoms with Gasteiger partial charge in [0, 0.05) is 28.7 Å². The van der Waals surface area contributed by atoms with Crippen molar-refractivity contribution in [1.29, 1.82) is 0 Å². The van der Waals surface area contributed by atoms with E-state index in [1.807, 2.05) is 0 Å². The number of rotatable bonds is 6. The summed E-state index contributed by atoms with van der Waals surface area (Å²) in [6.07, 6.45) is 0. The summed E-state index contributed by atoms with van der Waals surface area (Å²) < 4.78 is 0. The van der Waals surface area contributed by atoms with Gasteiger partial charge in [0.25, 0.3) is 0 Å². The van der Waals surface area contributed by atoms with Crippen molar-refractivity contribution in [2.75, 3.05) is 18.5 Å². The average molecular weight is 309 g/mol. The Kier molecular flexibility index (Phi) is 5.46. The van der Waals surface area contributed by atoms with Gasteiger partial charge in [0.15, 0.2) is 0 Å². The minimum atomic E-state index is 0.282. The van der Waals surface area contributed by atoms with Gasteiger partial charge in [-0.3, -0.25) is 0 Å². The van der Waals surface area contributed by atoms with E-state index < -0.39 is 0 Å². The van der Waals surface area contributed by atoms with Gasteiger partial charge in [-0.25, -0.2) is 0 Å². The van der Waals surface area contributed by atoms with Crippen LogP contribution in [0.25, 0.3) is 0 Å². The predicted octanol–water partition coefficient (Wildman–Crippen LogP) is 4.71. The van der Waals surface area contributed by atoms with E-state index in [4.69, 9.17) is 11.6 Å². The van der Waals surface area contributed by atoms with Crippen molar-refractivity contribution in [3.05, 3.63) is 51.2 Å². The Morgan fingerprint density at radius 1 is 1.35 bits per heavy atom. The van der Waals surface area contributed by atoms with Crippen molar-refractivity contribution < 1.29 is 0 Å². The van der Waals surface area contributed by atoms with Crippen LogP contribution in [-0.4, -0.2) is 13.6 Å². The molecule has 0 bridgehead atoms. The van der Waals surface area contributed by atoms with Gasteiger partial charge in [-0.15, -0.1) is 11.3 Å². The highest BCUT2D eigenvalue weighted by Crippen LogP contribution is 2.28. The van der Waals surface area contributed by atoms with Crippen molar-refractivity contribution in [3.63, 3.8) is 0 Å². The molecular weight excluding hydrogens is 288 g/mol. The van der Waals surface area contributed by atoms with Gasteiger partial charge in [0.2, 0.25) is 0 Å². The largest absolute Gasteiger partial charge is 0.369 e. The van der Waals surface area contributed by atoms with Crippen molar-refractivity contribution in [2.24, 2.45) is 0 Å². The molecule has 108 valence electrons. The van der Waals surface area contributed by atoms with E-state index in [9.17, 15) is 0 Å². The molecule has 0 aliphatic rings. The van der Waals surface area contributed by atoms with Crippen LogP contribution in [-0.2, 0) is 6.54 Å². The number of anilines is 1. The normalized spacial score (nSPS) is 12.4. The maximum Gasteiger partial charge on any atom is 0.0519 e. The molecule has 2 aromatic rings. The molecule has 0 saturated carbocycles. The SMILES string of the molecule is CCNC(C)c1ccc(N(C)Cc2cccs2)cc1Cl. The number of thiophene rings is 1. The van der Waals surface area contributed by atoms with Gasteiger partial charge >= 0.3 is 0 Å². The fourth-order valence-corrected chi connectivity index (χ4v) is 3.34. The molecule has 1 atom stereocenters. The summed E-state index contributed by atoms with van der Waals surface area (Å²) in [5, 5.41) is 6.33. The minimum absolute atomic E-state index is 0.282. The zero-order chi connectivity index (χ0) is 14.5. The van der Waals surface area contributed by atoms with Crippen molar-refractivity contribution in [3.8, 4) is 0 Å². The standard InChI is InChI=1S/C16H21ClN2S/c1-4-18-12(2)15-8-7-13(10-16(15)17)19(3)11-14-6-5-9-20-14/h5-10,12,18H,4,11H2,1-3H3. The first kappa shape index (κ1) is 15.4. The third kappa shape index (κ3) is 3.75. The molecule has 0 saturated heterocycles. The van der Waals surface area contributed by atoms with Crippen LogP contribution in [0.5, 0.6) is 0 Å². The lowest BCUT2D eigenvalue weighted by Crippen LogP contribution is -2.19. The summed E-state index contributed by atoms with van der Waals surface area (Å²) in [7, 11) is 2.10. The lowest BCUT2D eigenvalue weighted by Gasteiger charge is -2.21. The number of hydrogen-bond donors (Lipinski definition) is 1. The van der Waals surface area contributed by atoms with Crippen LogP contribution < -0.4 is 10.2 Å². The number of benzene rings is 1. The quantitative estimate of drug-likeness (QED) is 0.831. The smallest absolute Gasteiger partial charge is 0.0519 e. The zero-order valence-electron chi connectivity index (χ0n) is 12.2. The summed E-state index contributed by atoms with van der Waals surface area (Å²) in [6.45, 7) is 6.10. The van der Waals surface area contributed by atoms with E-state index in [-0.39, 0.29) is 6.04 Å². The van der Waals surface area contributed by atoms with Crippen molar-refractivity contribution in [2.45, 2.75) is 26.4 Å². The second-order valence-corrected chi connectivity index (χ2v) is 6.36. The molecule has 0 spiro atoms. The van der Waals surface area contributed by atoms with Crippen LogP contribution in [0.1, 0.15) is 30.3 Å². The molecule has 1 N–H and O–H groups in total. The topological polar surface area (TPSA) is 15.3 Å². The highest BCUT2D eigenvalue weighted by molar-refractivity contribution is 7.09. The molecule has 1 aromatic carbocycles. The third-order valence-corrected chi connectivity index (χ3v) is 4.56. The Morgan fingerprint density at radius 2 is 2.15 bits per heavy atom. The average Bonchev–Trinajstić information content (AvgIpc) is 2.91. The molecule has 2 rings (SSSR count). The highest BCUT2D eigenvalue weighted by Gasteiger charge is 2.11. The molecule has 1 aromatic heterocycles. The van der Waals surface area contributed by atoms with E-state index in [1.165, 1.54) is 4.88 Å². The molecule has 2 nitrogen and oxygen atoms in total. The molecule has 0 radical (unpaired) electrons. The summed E-state index contributed by atoms with van der Waals surface area (Å²) >= 11 is 8.20. The molecule has 1 unspecified atom stereocenters. The Bertz CT molecular complexity index is 539. The lowest BCUT2D eigenvalue weighted by molar-refractivity contribution is 0.598. The number of hydrogen-bond acceptors (Lipinski definition) is 3. The predicted molar refractivity (Wildman–Crippen MR) is 90.0 cm³/mol. The first-order valence-corrected chi connectivity index (χ1v) is 8.14. The van der Waals surface area contributed by atoms with E-state index in [0.717, 1.165) is 29.4 Å². The van der Waals surface area contributed by atoms with Gasteiger partial charge in [0.05, 0.1) is 6.54 Å². The van der Waals surface area contributed by atoms with Gasteiger partial charge in [-0.1, -0.05) is 30.7 Å². The summed E-state index contributed by atoms with van der Waals surface area (Å²) in [5.74, 6) is 0. The molecule has 1 heterocycles. The molecular formula is C16H21ClN2S. The molecule has 20 heavy (non-hydrogen) atoms. The number of nitrogens with zero attached hydrogens (tertiary/aromatic N) is 1. The van der Waals surface area contributed by atoms with Crippen LogP contribution in [0.4, 0.5) is 5.69 Å². The second-order valence-electron chi connectivity index (χ2n) is 4.92. The Hall–Kier alpha value is -1.03. The molecule has 0 amide bonds. The Balaban J connectivity index is 2.11. The summed E-state index contributed by atoms with van der Waals surface area (Å²) in [4.78, 5) is 3.58. The van der Waals surface area contributed by atoms with Crippen LogP contribution in [0, 0.1) is 0 Å². The molecule has 0 aliphatic heterocycles. The lowest BCUT2D eigenvalue weighted by atomic mass is 10.1. The minimum Gasteiger partial charge on any atom is -0.369 e. The molecule has 0 fully saturated rings. The third-order valence-electron chi connectivity index (χ3n) is 3.37. The van der Waals surface area contributed by atoms with Gasteiger partial charge in [-0.05, 0) is 42.6 Å².